The van der Waals surface area contributed by atoms with Crippen molar-refractivity contribution in [2.24, 2.45) is 0 Å². The molecule has 5 nitrogen and oxygen atoms in total. The van der Waals surface area contributed by atoms with Gasteiger partial charge in [0.2, 0.25) is 0 Å². The number of pyridine rings is 1. The van der Waals surface area contributed by atoms with E-state index in [2.05, 4.69) is 15.0 Å². The highest BCUT2D eigenvalue weighted by molar-refractivity contribution is 5.87. The molecule has 0 unspecified atom stereocenters. The molecular formula is C10H12F2N2O3. The van der Waals surface area contributed by atoms with Crippen molar-refractivity contribution in [2.45, 2.75) is 6.43 Å². The molecule has 0 aromatic carbocycles. The largest absolute Gasteiger partial charge is 0.478 e. The summed E-state index contributed by atoms with van der Waals surface area (Å²) < 4.78 is 28.0. The summed E-state index contributed by atoms with van der Waals surface area (Å²) in [4.78, 5) is 14.4. The Kier molecular flexibility index (Phi) is 5.28. The molecule has 0 radical (unpaired) electrons. The first-order chi connectivity index (χ1) is 8.09. The average Bonchev–Trinajstić information content (AvgIpc) is 2.29. The highest BCUT2D eigenvalue weighted by Crippen LogP contribution is 2.04. The number of hydrogen-bond acceptors (Lipinski definition) is 4. The van der Waals surface area contributed by atoms with Crippen molar-refractivity contribution < 1.29 is 23.4 Å². The molecule has 0 amide bonds. The van der Waals surface area contributed by atoms with Gasteiger partial charge in [0, 0.05) is 12.7 Å². The predicted octanol–water partition coefficient (Wildman–Crippen LogP) is 1.47. The number of nitrogens with zero attached hydrogens (tertiary/aromatic N) is 1. The molecule has 2 N–H and O–H groups in total. The number of hydrogen-bond donors (Lipinski definition) is 2. The number of ether oxygens (including phenoxy) is 1. The molecule has 0 spiro atoms. The molecule has 0 aliphatic heterocycles. The Labute approximate surface area is 96.4 Å². The van der Waals surface area contributed by atoms with Crippen LogP contribution in [0.1, 0.15) is 10.4 Å². The van der Waals surface area contributed by atoms with Gasteiger partial charge < -0.3 is 15.2 Å². The van der Waals surface area contributed by atoms with Gasteiger partial charge in [0.1, 0.15) is 12.4 Å². The molecule has 17 heavy (non-hydrogen) atoms. The highest BCUT2D eigenvalue weighted by atomic mass is 19.3. The van der Waals surface area contributed by atoms with Gasteiger partial charge in [-0.25, -0.2) is 18.6 Å². The molecular weight excluding hydrogens is 234 g/mol. The van der Waals surface area contributed by atoms with Crippen LogP contribution < -0.4 is 5.32 Å². The molecule has 0 aliphatic rings. The van der Waals surface area contributed by atoms with Crippen molar-refractivity contribution in [3.63, 3.8) is 0 Å². The van der Waals surface area contributed by atoms with E-state index in [4.69, 9.17) is 5.11 Å². The lowest BCUT2D eigenvalue weighted by molar-refractivity contribution is 0.0215. The van der Waals surface area contributed by atoms with E-state index in [-0.39, 0.29) is 12.2 Å². The Morgan fingerprint density at radius 2 is 2.29 bits per heavy atom. The van der Waals surface area contributed by atoms with Crippen LogP contribution in [-0.2, 0) is 4.74 Å². The van der Waals surface area contributed by atoms with Crippen molar-refractivity contribution >= 4 is 11.8 Å². The molecule has 0 saturated heterocycles. The van der Waals surface area contributed by atoms with Gasteiger partial charge in [0.15, 0.2) is 0 Å². The van der Waals surface area contributed by atoms with E-state index < -0.39 is 19.0 Å². The molecule has 1 aromatic rings. The Morgan fingerprint density at radius 3 is 2.82 bits per heavy atom. The van der Waals surface area contributed by atoms with Crippen LogP contribution in [0.25, 0.3) is 0 Å². The summed E-state index contributed by atoms with van der Waals surface area (Å²) in [5.74, 6) is -0.583. The van der Waals surface area contributed by atoms with Gasteiger partial charge in [-0.15, -0.1) is 0 Å². The summed E-state index contributed by atoms with van der Waals surface area (Å²) in [5.41, 5.74) is 0.0875. The lowest BCUT2D eigenvalue weighted by Crippen LogP contribution is -2.13. The van der Waals surface area contributed by atoms with Crippen LogP contribution in [0.2, 0.25) is 0 Å². The number of carboxylic acid groups (broad SMARTS) is 1. The second-order valence-electron chi connectivity index (χ2n) is 3.13. The van der Waals surface area contributed by atoms with Crippen molar-refractivity contribution in [3.8, 4) is 0 Å². The molecule has 1 heterocycles. The zero-order chi connectivity index (χ0) is 12.7. The van der Waals surface area contributed by atoms with E-state index in [1.54, 1.807) is 0 Å². The van der Waals surface area contributed by atoms with Crippen LogP contribution in [0.4, 0.5) is 14.6 Å². The van der Waals surface area contributed by atoms with Gasteiger partial charge in [0.25, 0.3) is 6.43 Å². The number of carbonyl (C=O) groups is 1. The zero-order valence-electron chi connectivity index (χ0n) is 8.90. The molecule has 7 heteroatoms. The summed E-state index contributed by atoms with van der Waals surface area (Å²) in [6, 6.07) is 2.90. The van der Waals surface area contributed by atoms with Gasteiger partial charge in [-0.1, -0.05) is 0 Å². The second-order valence-corrected chi connectivity index (χ2v) is 3.13. The fourth-order valence-electron chi connectivity index (χ4n) is 1.05. The first-order valence-corrected chi connectivity index (χ1v) is 4.88. The maximum Gasteiger partial charge on any atom is 0.337 e. The van der Waals surface area contributed by atoms with Crippen molar-refractivity contribution in [1.82, 2.24) is 4.98 Å². The minimum atomic E-state index is -2.47. The third kappa shape index (κ3) is 5.21. The lowest BCUT2D eigenvalue weighted by atomic mass is 10.3. The smallest absolute Gasteiger partial charge is 0.337 e. The minimum Gasteiger partial charge on any atom is -0.478 e. The molecule has 94 valence electrons. The van der Waals surface area contributed by atoms with Crippen LogP contribution in [-0.4, -0.2) is 42.2 Å². The third-order valence-electron chi connectivity index (χ3n) is 1.81. The SMILES string of the molecule is O=C(O)c1ccc(NCCOCC(F)F)nc1. The van der Waals surface area contributed by atoms with Gasteiger partial charge in [0.05, 0.1) is 12.2 Å². The Bertz CT molecular complexity index is 357. The number of aromatic nitrogens is 1. The molecule has 0 aliphatic carbocycles. The lowest BCUT2D eigenvalue weighted by Gasteiger charge is -2.06. The molecule has 0 saturated carbocycles. The van der Waals surface area contributed by atoms with E-state index in [9.17, 15) is 13.6 Å². The number of anilines is 1. The van der Waals surface area contributed by atoms with Gasteiger partial charge in [-0.3, -0.25) is 0 Å². The number of halogens is 2. The fourth-order valence-corrected chi connectivity index (χ4v) is 1.05. The van der Waals surface area contributed by atoms with Gasteiger partial charge in [-0.05, 0) is 12.1 Å². The average molecular weight is 246 g/mol. The van der Waals surface area contributed by atoms with Crippen LogP contribution >= 0.6 is 0 Å². The molecule has 1 rings (SSSR count). The second kappa shape index (κ2) is 6.74. The van der Waals surface area contributed by atoms with Crippen molar-refractivity contribution in [3.05, 3.63) is 23.9 Å². The standard InChI is InChI=1S/C10H12F2N2O3/c11-8(12)6-17-4-3-13-9-2-1-7(5-14-9)10(15)16/h1-2,5,8H,3-4,6H2,(H,13,14)(H,15,16). The summed E-state index contributed by atoms with van der Waals surface area (Å²) in [7, 11) is 0. The van der Waals surface area contributed by atoms with Crippen LogP contribution in [0, 0.1) is 0 Å². The topological polar surface area (TPSA) is 71.5 Å². The normalized spacial score (nSPS) is 10.5. The Hall–Kier alpha value is -1.76. The first kappa shape index (κ1) is 13.3. The van der Waals surface area contributed by atoms with Crippen LogP contribution in [0.5, 0.6) is 0 Å². The van der Waals surface area contributed by atoms with Crippen LogP contribution in [0.3, 0.4) is 0 Å². The monoisotopic (exact) mass is 246 g/mol. The van der Waals surface area contributed by atoms with E-state index in [0.717, 1.165) is 0 Å². The molecule has 0 fully saturated rings. The first-order valence-electron chi connectivity index (χ1n) is 4.88. The summed E-state index contributed by atoms with van der Waals surface area (Å²) in [5, 5.41) is 11.4. The maximum absolute atomic E-state index is 11.7. The minimum absolute atomic E-state index is 0.0875. The molecule has 1 aromatic heterocycles. The third-order valence-corrected chi connectivity index (χ3v) is 1.81. The number of rotatable bonds is 7. The van der Waals surface area contributed by atoms with Gasteiger partial charge >= 0.3 is 5.97 Å². The Morgan fingerprint density at radius 1 is 1.53 bits per heavy atom. The maximum atomic E-state index is 11.7. The molecule has 0 atom stereocenters. The molecule has 0 bridgehead atoms. The van der Waals surface area contributed by atoms with Crippen molar-refractivity contribution in [1.29, 1.82) is 0 Å². The summed E-state index contributed by atoms with van der Waals surface area (Å²) >= 11 is 0. The van der Waals surface area contributed by atoms with Crippen LogP contribution in [0.15, 0.2) is 18.3 Å². The number of aromatic carboxylic acids is 1. The number of nitrogens with one attached hydrogen (secondary N) is 1. The van der Waals surface area contributed by atoms with Gasteiger partial charge in [-0.2, -0.15) is 0 Å². The predicted molar refractivity (Wildman–Crippen MR) is 56.5 cm³/mol. The summed E-state index contributed by atoms with van der Waals surface area (Å²) in [6.07, 6.45) is -1.26. The van der Waals surface area contributed by atoms with E-state index in [1.807, 2.05) is 0 Å². The number of carboxylic acids is 1. The summed E-state index contributed by atoms with van der Waals surface area (Å²) in [6.45, 7) is -0.133. The van der Waals surface area contributed by atoms with E-state index >= 15 is 0 Å². The quantitative estimate of drug-likeness (QED) is 0.713. The highest BCUT2D eigenvalue weighted by Gasteiger charge is 2.03. The number of alkyl halides is 2. The van der Waals surface area contributed by atoms with Crippen molar-refractivity contribution in [2.75, 3.05) is 25.1 Å². The Balaban J connectivity index is 2.25. The van der Waals surface area contributed by atoms with E-state index in [1.165, 1.54) is 18.3 Å². The zero-order valence-corrected chi connectivity index (χ0v) is 8.90. The van der Waals surface area contributed by atoms with E-state index in [0.29, 0.717) is 12.4 Å². The fraction of sp³-hybridized carbons (Fsp3) is 0.400.